The van der Waals surface area contributed by atoms with Crippen LogP contribution in [-0.4, -0.2) is 58.0 Å². The molecular weight excluding hydrogens is 633 g/mol. The monoisotopic (exact) mass is 675 g/mol. The van der Waals surface area contributed by atoms with E-state index < -0.39 is 40.2 Å². The van der Waals surface area contributed by atoms with Crippen LogP contribution in [0.1, 0.15) is 37.0 Å². The van der Waals surface area contributed by atoms with Crippen molar-refractivity contribution >= 4 is 27.5 Å². The van der Waals surface area contributed by atoms with Gasteiger partial charge in [0.2, 0.25) is 11.8 Å². The first-order valence-corrected chi connectivity index (χ1v) is 17.1. The van der Waals surface area contributed by atoms with E-state index in [1.807, 2.05) is 51.1 Å². The summed E-state index contributed by atoms with van der Waals surface area (Å²) in [6, 6.07) is 24.6. The fraction of sp³-hybridized carbons (Fsp3) is 0.297. The molecule has 2 atom stereocenters. The molecule has 0 spiro atoms. The first kappa shape index (κ1) is 35.9. The van der Waals surface area contributed by atoms with Crippen molar-refractivity contribution < 1.29 is 31.9 Å². The van der Waals surface area contributed by atoms with E-state index in [1.165, 1.54) is 61.6 Å². The Labute approximate surface area is 282 Å². The zero-order valence-electron chi connectivity index (χ0n) is 27.9. The Kier molecular flexibility index (Phi) is 12.2. The summed E-state index contributed by atoms with van der Waals surface area (Å²) in [6.45, 7) is 4.89. The number of carbonyl (C=O) groups is 2. The fourth-order valence-electron chi connectivity index (χ4n) is 5.12. The molecule has 0 fully saturated rings. The molecular formula is C37H42FN3O6S. The number of hydrogen-bond donors (Lipinski definition) is 1. The van der Waals surface area contributed by atoms with Gasteiger partial charge in [0.05, 0.1) is 24.8 Å². The largest absolute Gasteiger partial charge is 0.497 e. The van der Waals surface area contributed by atoms with E-state index in [1.54, 1.807) is 24.3 Å². The second-order valence-corrected chi connectivity index (χ2v) is 13.4. The lowest BCUT2D eigenvalue weighted by Gasteiger charge is -2.34. The number of nitrogens with one attached hydrogen (secondary N) is 1. The van der Waals surface area contributed by atoms with Crippen molar-refractivity contribution in [1.82, 2.24) is 10.2 Å². The average molecular weight is 676 g/mol. The van der Waals surface area contributed by atoms with Gasteiger partial charge < -0.3 is 19.7 Å². The van der Waals surface area contributed by atoms with E-state index >= 15 is 0 Å². The van der Waals surface area contributed by atoms with Gasteiger partial charge in [-0.2, -0.15) is 0 Å². The molecule has 0 heterocycles. The molecule has 0 aliphatic carbocycles. The van der Waals surface area contributed by atoms with Crippen LogP contribution in [-0.2, 0) is 32.6 Å². The Morgan fingerprint density at radius 2 is 1.54 bits per heavy atom. The Balaban J connectivity index is 1.87. The van der Waals surface area contributed by atoms with Gasteiger partial charge in [0.1, 0.15) is 29.9 Å². The molecule has 9 nitrogen and oxygen atoms in total. The summed E-state index contributed by atoms with van der Waals surface area (Å²) >= 11 is 0. The second-order valence-electron chi connectivity index (χ2n) is 11.5. The molecule has 0 saturated heterocycles. The SMILES string of the molecule is CC[C@H](C)NC(=O)[C@H](Cc1ccccc1)N(Cc1ccc(F)cc1)C(=O)CN(c1cc(OC)ccc1OC)S(=O)(=O)c1ccc(C)cc1. The fourth-order valence-corrected chi connectivity index (χ4v) is 6.54. The van der Waals surface area contributed by atoms with E-state index in [4.69, 9.17) is 9.47 Å². The normalized spacial score (nSPS) is 12.5. The quantitative estimate of drug-likeness (QED) is 0.168. The number of aryl methyl sites for hydroxylation is 1. The Hall–Kier alpha value is -4.90. The number of hydrogen-bond acceptors (Lipinski definition) is 6. The smallest absolute Gasteiger partial charge is 0.264 e. The van der Waals surface area contributed by atoms with Gasteiger partial charge in [-0.15, -0.1) is 0 Å². The molecule has 0 aliphatic rings. The number of ether oxygens (including phenoxy) is 2. The van der Waals surface area contributed by atoms with Crippen molar-refractivity contribution in [1.29, 1.82) is 0 Å². The van der Waals surface area contributed by atoms with E-state index in [0.29, 0.717) is 17.7 Å². The van der Waals surface area contributed by atoms with Crippen LogP contribution < -0.4 is 19.1 Å². The molecule has 0 radical (unpaired) electrons. The van der Waals surface area contributed by atoms with Crippen LogP contribution >= 0.6 is 0 Å². The minimum Gasteiger partial charge on any atom is -0.497 e. The minimum absolute atomic E-state index is 0.0359. The van der Waals surface area contributed by atoms with Crippen LogP contribution in [0.25, 0.3) is 0 Å². The van der Waals surface area contributed by atoms with Crippen LogP contribution in [0.4, 0.5) is 10.1 Å². The molecule has 0 bridgehead atoms. The number of carbonyl (C=O) groups excluding carboxylic acids is 2. The lowest BCUT2D eigenvalue weighted by molar-refractivity contribution is -0.140. The Morgan fingerprint density at radius 3 is 2.15 bits per heavy atom. The zero-order valence-corrected chi connectivity index (χ0v) is 28.7. The van der Waals surface area contributed by atoms with Crippen molar-refractivity contribution in [3.8, 4) is 11.5 Å². The first-order valence-electron chi connectivity index (χ1n) is 15.7. The van der Waals surface area contributed by atoms with Gasteiger partial charge in [0.15, 0.2) is 0 Å². The summed E-state index contributed by atoms with van der Waals surface area (Å²) in [5.74, 6) is -0.955. The summed E-state index contributed by atoms with van der Waals surface area (Å²) in [5, 5.41) is 3.00. The third kappa shape index (κ3) is 8.92. The number of amides is 2. The summed E-state index contributed by atoms with van der Waals surface area (Å²) in [5.41, 5.74) is 2.30. The maximum atomic E-state index is 14.7. The number of nitrogens with zero attached hydrogens (tertiary/aromatic N) is 2. The van der Waals surface area contributed by atoms with E-state index in [-0.39, 0.29) is 35.3 Å². The van der Waals surface area contributed by atoms with Gasteiger partial charge in [0, 0.05) is 25.1 Å². The van der Waals surface area contributed by atoms with E-state index in [2.05, 4.69) is 5.32 Å². The number of halogens is 1. The first-order chi connectivity index (χ1) is 23.0. The van der Waals surface area contributed by atoms with Crippen LogP contribution in [0, 0.1) is 12.7 Å². The summed E-state index contributed by atoms with van der Waals surface area (Å²) < 4.78 is 54.6. The number of rotatable bonds is 15. The van der Waals surface area contributed by atoms with Gasteiger partial charge in [-0.3, -0.25) is 13.9 Å². The summed E-state index contributed by atoms with van der Waals surface area (Å²) in [4.78, 5) is 30.0. The predicted octanol–water partition coefficient (Wildman–Crippen LogP) is 5.90. The predicted molar refractivity (Wildman–Crippen MR) is 184 cm³/mol. The molecule has 0 aromatic heterocycles. The topological polar surface area (TPSA) is 105 Å². The van der Waals surface area contributed by atoms with Crippen LogP contribution in [0.15, 0.2) is 102 Å². The molecule has 11 heteroatoms. The molecule has 1 N–H and O–H groups in total. The highest BCUT2D eigenvalue weighted by Crippen LogP contribution is 2.36. The van der Waals surface area contributed by atoms with Crippen LogP contribution in [0.5, 0.6) is 11.5 Å². The van der Waals surface area contributed by atoms with Crippen molar-refractivity contribution in [3.63, 3.8) is 0 Å². The van der Waals surface area contributed by atoms with Gasteiger partial charge in [-0.25, -0.2) is 12.8 Å². The van der Waals surface area contributed by atoms with Crippen LogP contribution in [0.3, 0.4) is 0 Å². The third-order valence-electron chi connectivity index (χ3n) is 8.08. The molecule has 4 aromatic rings. The molecule has 48 heavy (non-hydrogen) atoms. The summed E-state index contributed by atoms with van der Waals surface area (Å²) in [7, 11) is -1.51. The van der Waals surface area contributed by atoms with Gasteiger partial charge in [0.25, 0.3) is 10.0 Å². The maximum absolute atomic E-state index is 14.7. The third-order valence-corrected chi connectivity index (χ3v) is 9.85. The van der Waals surface area contributed by atoms with Crippen molar-refractivity contribution in [3.05, 3.63) is 120 Å². The average Bonchev–Trinajstić information content (AvgIpc) is 3.09. The van der Waals surface area contributed by atoms with E-state index in [9.17, 15) is 22.4 Å². The molecule has 0 saturated carbocycles. The number of methoxy groups -OCH3 is 2. The molecule has 254 valence electrons. The van der Waals surface area contributed by atoms with Gasteiger partial charge in [-0.05, 0) is 67.8 Å². The number of benzene rings is 4. The molecule has 2 amide bonds. The molecule has 4 aromatic carbocycles. The highest BCUT2D eigenvalue weighted by Gasteiger charge is 2.36. The minimum atomic E-state index is -4.36. The maximum Gasteiger partial charge on any atom is 0.264 e. The van der Waals surface area contributed by atoms with Crippen LogP contribution in [0.2, 0.25) is 0 Å². The Morgan fingerprint density at radius 1 is 0.875 bits per heavy atom. The highest BCUT2D eigenvalue weighted by atomic mass is 32.2. The molecule has 0 aliphatic heterocycles. The standard InChI is InChI=1S/C37H42FN3O6S/c1-6-27(3)39-37(43)34(22-28-10-8-7-9-11-28)40(24-29-14-16-30(38)17-15-29)36(42)25-41(33-23-31(46-4)18-21-35(33)47-5)48(44,45)32-19-12-26(2)13-20-32/h7-21,23,27,34H,6,22,24-25H2,1-5H3,(H,39,43)/t27-,34-/m0/s1. The van der Waals surface area contributed by atoms with Crippen molar-refractivity contribution in [2.45, 2.75) is 57.1 Å². The number of anilines is 1. The zero-order chi connectivity index (χ0) is 34.8. The number of sulfonamides is 1. The Bertz CT molecular complexity index is 1780. The molecule has 0 unspecified atom stereocenters. The highest BCUT2D eigenvalue weighted by molar-refractivity contribution is 7.92. The molecule has 4 rings (SSSR count). The lowest BCUT2D eigenvalue weighted by atomic mass is 10.0. The van der Waals surface area contributed by atoms with Gasteiger partial charge >= 0.3 is 0 Å². The van der Waals surface area contributed by atoms with Crippen molar-refractivity contribution in [2.75, 3.05) is 25.1 Å². The van der Waals surface area contributed by atoms with E-state index in [0.717, 1.165) is 15.4 Å². The lowest BCUT2D eigenvalue weighted by Crippen LogP contribution is -2.54. The second kappa shape index (κ2) is 16.3. The van der Waals surface area contributed by atoms with Gasteiger partial charge in [-0.1, -0.05) is 67.1 Å². The summed E-state index contributed by atoms with van der Waals surface area (Å²) in [6.07, 6.45) is 0.817. The van der Waals surface area contributed by atoms with Crippen molar-refractivity contribution in [2.24, 2.45) is 0 Å².